The van der Waals surface area contributed by atoms with Gasteiger partial charge in [-0.1, -0.05) is 0 Å². The SMILES string of the molecule is Cc1nc(Br)c(Br)n1CC(C)(N)C(=O)O. The van der Waals surface area contributed by atoms with E-state index in [0.29, 0.717) is 15.0 Å². The molecule has 1 aromatic rings. The molecule has 0 saturated heterocycles. The molecule has 84 valence electrons. The Labute approximate surface area is 104 Å². The van der Waals surface area contributed by atoms with Crippen LogP contribution in [0.4, 0.5) is 0 Å². The lowest BCUT2D eigenvalue weighted by Crippen LogP contribution is -2.48. The van der Waals surface area contributed by atoms with Crippen molar-refractivity contribution in [1.82, 2.24) is 9.55 Å². The molecule has 0 bridgehead atoms. The van der Waals surface area contributed by atoms with Gasteiger partial charge in [-0.05, 0) is 45.7 Å². The number of carboxylic acids is 1. The number of aryl methyl sites for hydroxylation is 1. The van der Waals surface area contributed by atoms with Crippen molar-refractivity contribution < 1.29 is 9.90 Å². The van der Waals surface area contributed by atoms with Crippen LogP contribution in [0.3, 0.4) is 0 Å². The summed E-state index contributed by atoms with van der Waals surface area (Å²) in [4.78, 5) is 15.0. The van der Waals surface area contributed by atoms with Crippen molar-refractivity contribution in [2.24, 2.45) is 5.73 Å². The molecule has 0 fully saturated rings. The van der Waals surface area contributed by atoms with E-state index in [0.717, 1.165) is 0 Å². The Bertz CT molecular complexity index is 401. The van der Waals surface area contributed by atoms with Gasteiger partial charge in [0.25, 0.3) is 0 Å². The van der Waals surface area contributed by atoms with E-state index in [1.165, 1.54) is 6.92 Å². The molecule has 0 aliphatic heterocycles. The van der Waals surface area contributed by atoms with Crippen LogP contribution in [0.2, 0.25) is 0 Å². The first-order valence-electron chi connectivity index (χ1n) is 4.16. The number of carbonyl (C=O) groups is 1. The maximum Gasteiger partial charge on any atom is 0.325 e. The predicted octanol–water partition coefficient (Wildman–Crippen LogP) is 1.52. The van der Waals surface area contributed by atoms with Crippen LogP contribution in [-0.4, -0.2) is 26.2 Å². The smallest absolute Gasteiger partial charge is 0.325 e. The van der Waals surface area contributed by atoms with E-state index in [1.54, 1.807) is 11.5 Å². The van der Waals surface area contributed by atoms with E-state index in [9.17, 15) is 4.79 Å². The van der Waals surface area contributed by atoms with Gasteiger partial charge in [0.15, 0.2) is 0 Å². The highest BCUT2D eigenvalue weighted by molar-refractivity contribution is 9.13. The second-order valence-corrected chi connectivity index (χ2v) is 5.05. The molecular weight excluding hydrogens is 330 g/mol. The van der Waals surface area contributed by atoms with Crippen LogP contribution in [-0.2, 0) is 11.3 Å². The van der Waals surface area contributed by atoms with Gasteiger partial charge >= 0.3 is 5.97 Å². The Kier molecular flexibility index (Phi) is 3.57. The number of nitrogens with zero attached hydrogens (tertiary/aromatic N) is 2. The van der Waals surface area contributed by atoms with Crippen LogP contribution in [0.5, 0.6) is 0 Å². The Morgan fingerprint density at radius 3 is 2.53 bits per heavy atom. The van der Waals surface area contributed by atoms with Gasteiger partial charge in [-0.3, -0.25) is 4.79 Å². The van der Waals surface area contributed by atoms with Gasteiger partial charge in [-0.15, -0.1) is 0 Å². The molecule has 1 aromatic heterocycles. The van der Waals surface area contributed by atoms with Gasteiger partial charge < -0.3 is 15.4 Å². The predicted molar refractivity (Wildman–Crippen MR) is 62.6 cm³/mol. The second-order valence-electron chi connectivity index (χ2n) is 3.55. The van der Waals surface area contributed by atoms with Crippen molar-refractivity contribution >= 4 is 37.8 Å². The molecule has 0 aliphatic rings. The monoisotopic (exact) mass is 339 g/mol. The number of imidazole rings is 1. The largest absolute Gasteiger partial charge is 0.480 e. The van der Waals surface area contributed by atoms with Crippen LogP contribution in [0.25, 0.3) is 0 Å². The van der Waals surface area contributed by atoms with Gasteiger partial charge in [-0.25, -0.2) is 4.98 Å². The zero-order valence-electron chi connectivity index (χ0n) is 8.29. The fourth-order valence-electron chi connectivity index (χ4n) is 1.08. The molecule has 1 rings (SSSR count). The summed E-state index contributed by atoms with van der Waals surface area (Å²) in [7, 11) is 0. The summed E-state index contributed by atoms with van der Waals surface area (Å²) in [5, 5.41) is 8.91. The van der Waals surface area contributed by atoms with E-state index in [-0.39, 0.29) is 6.54 Å². The second kappa shape index (κ2) is 4.23. The summed E-state index contributed by atoms with van der Waals surface area (Å²) in [6.07, 6.45) is 0. The number of aliphatic carboxylic acids is 1. The average molecular weight is 341 g/mol. The van der Waals surface area contributed by atoms with Crippen molar-refractivity contribution in [2.45, 2.75) is 25.9 Å². The molecule has 5 nitrogen and oxygen atoms in total. The third kappa shape index (κ3) is 2.59. The highest BCUT2D eigenvalue weighted by Gasteiger charge is 2.30. The Balaban J connectivity index is 3.04. The summed E-state index contributed by atoms with van der Waals surface area (Å²) in [6.45, 7) is 3.41. The Morgan fingerprint density at radius 2 is 2.20 bits per heavy atom. The van der Waals surface area contributed by atoms with Crippen LogP contribution < -0.4 is 5.73 Å². The molecule has 1 atom stereocenters. The lowest BCUT2D eigenvalue weighted by atomic mass is 10.1. The molecule has 1 heterocycles. The number of rotatable bonds is 3. The van der Waals surface area contributed by atoms with E-state index < -0.39 is 11.5 Å². The zero-order valence-corrected chi connectivity index (χ0v) is 11.5. The van der Waals surface area contributed by atoms with Crippen molar-refractivity contribution in [2.75, 3.05) is 0 Å². The highest BCUT2D eigenvalue weighted by Crippen LogP contribution is 2.24. The summed E-state index contributed by atoms with van der Waals surface area (Å²) in [5.41, 5.74) is 4.34. The molecule has 15 heavy (non-hydrogen) atoms. The lowest BCUT2D eigenvalue weighted by molar-refractivity contribution is -0.143. The van der Waals surface area contributed by atoms with E-state index in [4.69, 9.17) is 10.8 Å². The van der Waals surface area contributed by atoms with Gasteiger partial charge in [0, 0.05) is 0 Å². The molecule has 0 aliphatic carbocycles. The van der Waals surface area contributed by atoms with Gasteiger partial charge in [0.05, 0.1) is 6.54 Å². The number of nitrogens with two attached hydrogens (primary N) is 1. The summed E-state index contributed by atoms with van der Waals surface area (Å²) in [6, 6.07) is 0. The quantitative estimate of drug-likeness (QED) is 0.874. The topological polar surface area (TPSA) is 81.1 Å². The normalized spacial score (nSPS) is 15.0. The molecule has 0 spiro atoms. The average Bonchev–Trinajstić information content (AvgIpc) is 2.32. The molecule has 0 amide bonds. The molecular formula is C8H11Br2N3O2. The highest BCUT2D eigenvalue weighted by atomic mass is 79.9. The number of carboxylic acid groups (broad SMARTS) is 1. The Hall–Kier alpha value is -0.400. The minimum atomic E-state index is -1.31. The third-order valence-electron chi connectivity index (χ3n) is 2.03. The van der Waals surface area contributed by atoms with Gasteiger partial charge in [0.2, 0.25) is 0 Å². The maximum absolute atomic E-state index is 10.9. The van der Waals surface area contributed by atoms with Crippen LogP contribution >= 0.6 is 31.9 Å². The van der Waals surface area contributed by atoms with Crippen molar-refractivity contribution in [3.05, 3.63) is 15.0 Å². The minimum absolute atomic E-state index is 0.160. The van der Waals surface area contributed by atoms with E-state index in [1.807, 2.05) is 0 Å². The van der Waals surface area contributed by atoms with Gasteiger partial charge in [0.1, 0.15) is 20.6 Å². The van der Waals surface area contributed by atoms with Crippen molar-refractivity contribution in [3.63, 3.8) is 0 Å². The summed E-state index contributed by atoms with van der Waals surface area (Å²) >= 11 is 6.55. The molecule has 0 saturated carbocycles. The van der Waals surface area contributed by atoms with Crippen molar-refractivity contribution in [1.29, 1.82) is 0 Å². The lowest BCUT2D eigenvalue weighted by Gasteiger charge is -2.21. The molecule has 3 N–H and O–H groups in total. The van der Waals surface area contributed by atoms with Crippen LogP contribution in [0, 0.1) is 6.92 Å². The summed E-state index contributed by atoms with van der Waals surface area (Å²) < 4.78 is 3.04. The standard InChI is InChI=1S/C8H11Br2N3O2/c1-4-12-5(9)6(10)13(4)3-8(2,11)7(14)15/h3,11H2,1-2H3,(H,14,15). The number of halogens is 2. The van der Waals surface area contributed by atoms with E-state index in [2.05, 4.69) is 36.8 Å². The maximum atomic E-state index is 10.9. The fraction of sp³-hybridized carbons (Fsp3) is 0.500. The van der Waals surface area contributed by atoms with Crippen LogP contribution in [0.15, 0.2) is 9.21 Å². The third-order valence-corrected chi connectivity index (χ3v) is 3.92. The zero-order chi connectivity index (χ0) is 11.8. The van der Waals surface area contributed by atoms with Gasteiger partial charge in [-0.2, -0.15) is 0 Å². The first-order chi connectivity index (χ1) is 6.75. The fourth-order valence-corrected chi connectivity index (χ4v) is 2.02. The first-order valence-corrected chi connectivity index (χ1v) is 5.74. The number of hydrogen-bond acceptors (Lipinski definition) is 3. The van der Waals surface area contributed by atoms with Crippen LogP contribution in [0.1, 0.15) is 12.7 Å². The number of aromatic nitrogens is 2. The minimum Gasteiger partial charge on any atom is -0.480 e. The molecule has 7 heteroatoms. The number of hydrogen-bond donors (Lipinski definition) is 2. The molecule has 0 aromatic carbocycles. The Morgan fingerprint density at radius 1 is 1.67 bits per heavy atom. The molecule has 1 unspecified atom stereocenters. The first kappa shape index (κ1) is 12.7. The molecule has 0 radical (unpaired) electrons. The summed E-state index contributed by atoms with van der Waals surface area (Å²) in [5.74, 6) is -0.342. The van der Waals surface area contributed by atoms with Crippen molar-refractivity contribution in [3.8, 4) is 0 Å². The van der Waals surface area contributed by atoms with E-state index >= 15 is 0 Å².